The number of nitro benzene ring substituents is 1. The first-order valence-electron chi connectivity index (χ1n) is 5.82. The first kappa shape index (κ1) is 14.5. The first-order valence-corrected chi connectivity index (χ1v) is 5.82. The van der Waals surface area contributed by atoms with Gasteiger partial charge in [-0.25, -0.2) is 4.39 Å². The summed E-state index contributed by atoms with van der Waals surface area (Å²) in [5, 5.41) is 22.8. The Balaban J connectivity index is 2.50. The monoisotopic (exact) mass is 256 g/mol. The fourth-order valence-corrected chi connectivity index (χ4v) is 1.62. The van der Waals surface area contributed by atoms with Crippen LogP contribution in [-0.4, -0.2) is 22.7 Å². The van der Waals surface area contributed by atoms with E-state index in [1.807, 2.05) is 0 Å². The second kappa shape index (κ2) is 7.03. The molecule has 2 N–H and O–H groups in total. The first-order chi connectivity index (χ1) is 8.50. The summed E-state index contributed by atoms with van der Waals surface area (Å²) in [5.41, 5.74) is 0.247. The number of aliphatic hydroxyl groups is 1. The number of halogens is 1. The summed E-state index contributed by atoms with van der Waals surface area (Å²) in [6.45, 7) is 2.57. The van der Waals surface area contributed by atoms with Gasteiger partial charge in [0.2, 0.25) is 0 Å². The van der Waals surface area contributed by atoms with Crippen molar-refractivity contribution in [2.45, 2.75) is 32.4 Å². The Hall–Kier alpha value is -1.53. The van der Waals surface area contributed by atoms with Crippen LogP contribution in [0.4, 0.5) is 10.1 Å². The zero-order chi connectivity index (χ0) is 13.5. The number of aliphatic hydroxyl groups excluding tert-OH is 1. The maximum atomic E-state index is 13.0. The van der Waals surface area contributed by atoms with Gasteiger partial charge in [0.25, 0.3) is 5.69 Å². The molecule has 1 aromatic carbocycles. The van der Waals surface area contributed by atoms with E-state index in [9.17, 15) is 14.5 Å². The van der Waals surface area contributed by atoms with Gasteiger partial charge in [-0.3, -0.25) is 10.1 Å². The molecule has 0 saturated carbocycles. The van der Waals surface area contributed by atoms with Crippen molar-refractivity contribution in [3.63, 3.8) is 0 Å². The maximum absolute atomic E-state index is 13.0. The highest BCUT2D eigenvalue weighted by atomic mass is 19.1. The number of nitrogens with zero attached hydrogens (tertiary/aromatic N) is 1. The van der Waals surface area contributed by atoms with Crippen LogP contribution >= 0.6 is 0 Å². The Morgan fingerprint density at radius 1 is 1.56 bits per heavy atom. The Morgan fingerprint density at radius 2 is 2.28 bits per heavy atom. The summed E-state index contributed by atoms with van der Waals surface area (Å²) < 4.78 is 13.0. The summed E-state index contributed by atoms with van der Waals surface area (Å²) >= 11 is 0. The molecule has 0 heterocycles. The molecule has 0 amide bonds. The molecule has 5 nitrogen and oxygen atoms in total. The number of hydrogen-bond acceptors (Lipinski definition) is 4. The van der Waals surface area contributed by atoms with Gasteiger partial charge in [0.1, 0.15) is 5.82 Å². The van der Waals surface area contributed by atoms with E-state index in [2.05, 4.69) is 5.32 Å². The van der Waals surface area contributed by atoms with Crippen molar-refractivity contribution in [1.29, 1.82) is 0 Å². The second-order valence-electron chi connectivity index (χ2n) is 4.20. The van der Waals surface area contributed by atoms with Crippen LogP contribution in [0.1, 0.15) is 25.3 Å². The minimum atomic E-state index is -0.522. The molecule has 100 valence electrons. The summed E-state index contributed by atoms with van der Waals surface area (Å²) in [4.78, 5) is 10.2. The number of benzene rings is 1. The smallest absolute Gasteiger partial charge is 0.274 e. The molecule has 0 radical (unpaired) electrons. The van der Waals surface area contributed by atoms with E-state index in [0.29, 0.717) is 18.5 Å². The van der Waals surface area contributed by atoms with Gasteiger partial charge in [0.15, 0.2) is 0 Å². The van der Waals surface area contributed by atoms with E-state index in [1.165, 1.54) is 12.1 Å². The maximum Gasteiger partial charge on any atom is 0.274 e. The van der Waals surface area contributed by atoms with Crippen LogP contribution in [0, 0.1) is 15.9 Å². The van der Waals surface area contributed by atoms with Crippen molar-refractivity contribution in [3.05, 3.63) is 39.7 Å². The van der Waals surface area contributed by atoms with E-state index in [0.717, 1.165) is 12.5 Å². The highest BCUT2D eigenvalue weighted by molar-refractivity contribution is 5.40. The molecular weight excluding hydrogens is 239 g/mol. The van der Waals surface area contributed by atoms with E-state index < -0.39 is 10.7 Å². The average Bonchev–Trinajstić information content (AvgIpc) is 2.27. The molecule has 0 aliphatic rings. The third kappa shape index (κ3) is 4.77. The van der Waals surface area contributed by atoms with Crippen molar-refractivity contribution in [3.8, 4) is 0 Å². The van der Waals surface area contributed by atoms with Crippen molar-refractivity contribution in [2.75, 3.05) is 6.54 Å². The number of hydrogen-bond donors (Lipinski definition) is 2. The standard InChI is InChI=1S/C12H17FN2O3/c1-9(16)3-2-6-14-8-10-7-11(13)4-5-12(10)15(17)18/h4-5,7,9,14,16H,2-3,6,8H2,1H3. The SMILES string of the molecule is CC(O)CCCNCc1cc(F)ccc1[N+](=O)[O-]. The quantitative estimate of drug-likeness (QED) is 0.444. The molecule has 1 rings (SSSR count). The molecular formula is C12H17FN2O3. The lowest BCUT2D eigenvalue weighted by atomic mass is 10.1. The fraction of sp³-hybridized carbons (Fsp3) is 0.500. The van der Waals surface area contributed by atoms with Gasteiger partial charge >= 0.3 is 0 Å². The zero-order valence-electron chi connectivity index (χ0n) is 10.2. The van der Waals surface area contributed by atoms with Crippen LogP contribution in [0.2, 0.25) is 0 Å². The molecule has 0 bridgehead atoms. The highest BCUT2D eigenvalue weighted by Crippen LogP contribution is 2.19. The van der Waals surface area contributed by atoms with Crippen molar-refractivity contribution in [2.24, 2.45) is 0 Å². The van der Waals surface area contributed by atoms with Crippen LogP contribution in [0.25, 0.3) is 0 Å². The molecule has 0 aromatic heterocycles. The van der Waals surface area contributed by atoms with Gasteiger partial charge < -0.3 is 10.4 Å². The third-order valence-corrected chi connectivity index (χ3v) is 2.53. The van der Waals surface area contributed by atoms with Crippen LogP contribution in [0.3, 0.4) is 0 Å². The lowest BCUT2D eigenvalue weighted by Gasteiger charge is -2.07. The Kier molecular flexibility index (Phi) is 5.67. The lowest BCUT2D eigenvalue weighted by Crippen LogP contribution is -2.17. The summed E-state index contributed by atoms with van der Waals surface area (Å²) in [6, 6.07) is 3.41. The molecule has 6 heteroatoms. The predicted molar refractivity (Wildman–Crippen MR) is 65.7 cm³/mol. The molecule has 0 saturated heterocycles. The summed E-state index contributed by atoms with van der Waals surface area (Å²) in [7, 11) is 0. The third-order valence-electron chi connectivity index (χ3n) is 2.53. The number of nitrogens with one attached hydrogen (secondary N) is 1. The minimum Gasteiger partial charge on any atom is -0.393 e. The molecule has 0 aliphatic heterocycles. The van der Waals surface area contributed by atoms with E-state index in [-0.39, 0.29) is 18.3 Å². The average molecular weight is 256 g/mol. The van der Waals surface area contributed by atoms with Gasteiger partial charge in [-0.2, -0.15) is 0 Å². The van der Waals surface area contributed by atoms with Crippen LogP contribution in [0.5, 0.6) is 0 Å². The number of nitro groups is 1. The Bertz CT molecular complexity index is 410. The van der Waals surface area contributed by atoms with Gasteiger partial charge in [-0.15, -0.1) is 0 Å². The van der Waals surface area contributed by atoms with Gasteiger partial charge in [-0.05, 0) is 38.4 Å². The highest BCUT2D eigenvalue weighted by Gasteiger charge is 2.13. The van der Waals surface area contributed by atoms with E-state index in [1.54, 1.807) is 6.92 Å². The largest absolute Gasteiger partial charge is 0.393 e. The Morgan fingerprint density at radius 3 is 2.89 bits per heavy atom. The molecule has 0 spiro atoms. The predicted octanol–water partition coefficient (Wildman–Crippen LogP) is 1.98. The molecule has 0 fully saturated rings. The molecule has 0 aliphatic carbocycles. The van der Waals surface area contributed by atoms with Crippen LogP contribution in [0.15, 0.2) is 18.2 Å². The minimum absolute atomic E-state index is 0.0839. The van der Waals surface area contributed by atoms with E-state index >= 15 is 0 Å². The summed E-state index contributed by atoms with van der Waals surface area (Å²) in [6.07, 6.45) is 1.08. The molecule has 1 unspecified atom stereocenters. The van der Waals surface area contributed by atoms with Crippen molar-refractivity contribution in [1.82, 2.24) is 5.32 Å². The fourth-order valence-electron chi connectivity index (χ4n) is 1.62. The van der Waals surface area contributed by atoms with E-state index in [4.69, 9.17) is 5.11 Å². The Labute approximate surface area is 105 Å². The van der Waals surface area contributed by atoms with Crippen LogP contribution < -0.4 is 5.32 Å². The lowest BCUT2D eigenvalue weighted by molar-refractivity contribution is -0.385. The molecule has 1 atom stereocenters. The molecule has 18 heavy (non-hydrogen) atoms. The van der Waals surface area contributed by atoms with Gasteiger partial charge in [-0.1, -0.05) is 0 Å². The molecule has 1 aromatic rings. The van der Waals surface area contributed by atoms with Crippen molar-refractivity contribution >= 4 is 5.69 Å². The van der Waals surface area contributed by atoms with Crippen molar-refractivity contribution < 1.29 is 14.4 Å². The van der Waals surface area contributed by atoms with Gasteiger partial charge in [0, 0.05) is 18.2 Å². The normalized spacial score (nSPS) is 12.4. The van der Waals surface area contributed by atoms with Gasteiger partial charge in [0.05, 0.1) is 11.0 Å². The second-order valence-corrected chi connectivity index (χ2v) is 4.20. The van der Waals surface area contributed by atoms with Crippen LogP contribution in [-0.2, 0) is 6.54 Å². The zero-order valence-corrected chi connectivity index (χ0v) is 10.2. The number of rotatable bonds is 7. The topological polar surface area (TPSA) is 75.4 Å². The summed E-state index contributed by atoms with van der Waals surface area (Å²) in [5.74, 6) is -0.485.